The van der Waals surface area contributed by atoms with Gasteiger partial charge in [0.2, 0.25) is 0 Å². The molecule has 0 saturated carbocycles. The summed E-state index contributed by atoms with van der Waals surface area (Å²) < 4.78 is 1.83. The lowest BCUT2D eigenvalue weighted by molar-refractivity contribution is 0.0833. The molecule has 0 atom stereocenters. The van der Waals surface area contributed by atoms with E-state index in [0.29, 0.717) is 0 Å². The van der Waals surface area contributed by atoms with Crippen molar-refractivity contribution in [1.82, 2.24) is 9.78 Å². The van der Waals surface area contributed by atoms with Gasteiger partial charge >= 0.3 is 0 Å². The van der Waals surface area contributed by atoms with Gasteiger partial charge in [-0.1, -0.05) is 27.7 Å². The van der Waals surface area contributed by atoms with Gasteiger partial charge in [0.1, 0.15) is 0 Å². The number of Topliss-reactive ketones (excluding diaryl/α,β-unsaturated/α-hetero) is 1. The van der Waals surface area contributed by atoms with Crippen LogP contribution in [-0.4, -0.2) is 15.6 Å². The molecule has 0 fully saturated rings. The Kier molecular flexibility index (Phi) is 3.66. The van der Waals surface area contributed by atoms with E-state index in [1.165, 1.54) is 0 Å². The van der Waals surface area contributed by atoms with Crippen LogP contribution in [0.1, 0.15) is 50.9 Å². The fraction of sp³-hybridized carbons (Fsp3) is 0.667. The molecule has 1 aromatic heterocycles. The summed E-state index contributed by atoms with van der Waals surface area (Å²) in [5.74, 6) is 0.187. The normalized spacial score (nSPS) is 11.7. The van der Waals surface area contributed by atoms with E-state index in [9.17, 15) is 4.79 Å². The molecule has 0 radical (unpaired) electrons. The van der Waals surface area contributed by atoms with Gasteiger partial charge in [-0.25, -0.2) is 0 Å². The average Bonchev–Trinajstić information content (AvgIpc) is 2.66. The van der Waals surface area contributed by atoms with Gasteiger partial charge in [0.25, 0.3) is 0 Å². The second-order valence-corrected chi connectivity index (χ2v) is 4.56. The largest absolute Gasteiger partial charge is 0.293 e. The Morgan fingerprint density at radius 1 is 1.47 bits per heavy atom. The molecule has 0 bridgehead atoms. The van der Waals surface area contributed by atoms with Crippen LogP contribution in [0.5, 0.6) is 0 Å². The van der Waals surface area contributed by atoms with E-state index in [1.807, 2.05) is 31.6 Å². The Morgan fingerprint density at radius 3 is 2.67 bits per heavy atom. The van der Waals surface area contributed by atoms with Crippen LogP contribution < -0.4 is 0 Å². The molecule has 0 aliphatic heterocycles. The lowest BCUT2D eigenvalue weighted by Gasteiger charge is -2.19. The molecular formula is C12H20N2O. The first-order valence-corrected chi connectivity index (χ1v) is 5.58. The summed E-state index contributed by atoms with van der Waals surface area (Å²) >= 11 is 0. The molecule has 0 spiro atoms. The van der Waals surface area contributed by atoms with Crippen LogP contribution in [0.4, 0.5) is 0 Å². The van der Waals surface area contributed by atoms with Crippen molar-refractivity contribution in [2.45, 2.75) is 47.1 Å². The highest BCUT2D eigenvalue weighted by Crippen LogP contribution is 2.25. The summed E-state index contributed by atoms with van der Waals surface area (Å²) in [6.07, 6.45) is 5.41. The number of hydrogen-bond donors (Lipinski definition) is 0. The lowest BCUT2D eigenvalue weighted by Crippen LogP contribution is -2.22. The van der Waals surface area contributed by atoms with Gasteiger partial charge in [-0.15, -0.1) is 0 Å². The maximum absolute atomic E-state index is 12.1. The van der Waals surface area contributed by atoms with Gasteiger partial charge in [0.15, 0.2) is 5.78 Å². The summed E-state index contributed by atoms with van der Waals surface area (Å²) in [4.78, 5) is 12.1. The molecule has 0 N–H and O–H groups in total. The van der Waals surface area contributed by atoms with Crippen molar-refractivity contribution in [1.29, 1.82) is 0 Å². The van der Waals surface area contributed by atoms with E-state index in [4.69, 9.17) is 0 Å². The zero-order valence-electron chi connectivity index (χ0n) is 10.1. The van der Waals surface area contributed by atoms with Crippen molar-refractivity contribution >= 4 is 5.78 Å². The number of hydrogen-bond acceptors (Lipinski definition) is 2. The van der Waals surface area contributed by atoms with Crippen molar-refractivity contribution in [3.05, 3.63) is 18.0 Å². The molecule has 15 heavy (non-hydrogen) atoms. The lowest BCUT2D eigenvalue weighted by atomic mass is 9.83. The Morgan fingerprint density at radius 2 is 2.13 bits per heavy atom. The van der Waals surface area contributed by atoms with Crippen molar-refractivity contribution < 1.29 is 4.79 Å². The van der Waals surface area contributed by atoms with Gasteiger partial charge in [-0.2, -0.15) is 5.10 Å². The number of aromatic nitrogens is 2. The molecular weight excluding hydrogens is 188 g/mol. The average molecular weight is 208 g/mol. The molecule has 0 aromatic carbocycles. The molecule has 0 saturated heterocycles. The summed E-state index contributed by atoms with van der Waals surface area (Å²) in [7, 11) is 0. The molecule has 3 nitrogen and oxygen atoms in total. The van der Waals surface area contributed by atoms with Gasteiger partial charge < -0.3 is 0 Å². The Labute approximate surface area is 91.5 Å². The van der Waals surface area contributed by atoms with E-state index in [1.54, 1.807) is 6.20 Å². The molecule has 1 heterocycles. The zero-order valence-corrected chi connectivity index (χ0v) is 10.1. The Balaban J connectivity index is 2.83. The SMILES string of the molecule is CCCn1cc(C(=O)C(C)(C)CC)cn1. The third-order valence-electron chi connectivity index (χ3n) is 2.85. The summed E-state index contributed by atoms with van der Waals surface area (Å²) in [6, 6.07) is 0. The number of ketones is 1. The Bertz CT molecular complexity index is 339. The number of nitrogens with zero attached hydrogens (tertiary/aromatic N) is 2. The van der Waals surface area contributed by atoms with E-state index in [2.05, 4.69) is 12.0 Å². The second-order valence-electron chi connectivity index (χ2n) is 4.56. The first-order valence-electron chi connectivity index (χ1n) is 5.58. The maximum atomic E-state index is 12.1. The second kappa shape index (κ2) is 4.60. The minimum atomic E-state index is -0.278. The van der Waals surface area contributed by atoms with E-state index in [-0.39, 0.29) is 11.2 Å². The van der Waals surface area contributed by atoms with Crippen LogP contribution in [0.25, 0.3) is 0 Å². The van der Waals surface area contributed by atoms with Crippen LogP contribution in [-0.2, 0) is 6.54 Å². The van der Waals surface area contributed by atoms with Gasteiger partial charge in [0.05, 0.1) is 11.8 Å². The number of carbonyl (C=O) groups is 1. The van der Waals surface area contributed by atoms with Crippen molar-refractivity contribution in [3.8, 4) is 0 Å². The van der Waals surface area contributed by atoms with Crippen LogP contribution >= 0.6 is 0 Å². The quantitative estimate of drug-likeness (QED) is 0.697. The summed E-state index contributed by atoms with van der Waals surface area (Å²) in [5, 5.41) is 4.17. The van der Waals surface area contributed by atoms with Crippen molar-refractivity contribution in [2.75, 3.05) is 0 Å². The van der Waals surface area contributed by atoms with Crippen LogP contribution in [0.15, 0.2) is 12.4 Å². The number of aryl methyl sites for hydroxylation is 1. The van der Waals surface area contributed by atoms with Crippen molar-refractivity contribution in [2.24, 2.45) is 5.41 Å². The predicted octanol–water partition coefficient (Wildman–Crippen LogP) is 2.91. The fourth-order valence-electron chi connectivity index (χ4n) is 1.38. The molecule has 1 rings (SSSR count). The summed E-state index contributed by atoms with van der Waals surface area (Å²) in [6.45, 7) is 8.96. The molecule has 0 aliphatic carbocycles. The van der Waals surface area contributed by atoms with E-state index < -0.39 is 0 Å². The van der Waals surface area contributed by atoms with Crippen LogP contribution in [0, 0.1) is 5.41 Å². The highest BCUT2D eigenvalue weighted by Gasteiger charge is 2.27. The van der Waals surface area contributed by atoms with Gasteiger partial charge in [-0.3, -0.25) is 9.48 Å². The number of carbonyl (C=O) groups excluding carboxylic acids is 1. The minimum Gasteiger partial charge on any atom is -0.293 e. The minimum absolute atomic E-state index is 0.187. The predicted molar refractivity (Wildman–Crippen MR) is 60.9 cm³/mol. The highest BCUT2D eigenvalue weighted by molar-refractivity contribution is 5.99. The smallest absolute Gasteiger partial charge is 0.171 e. The van der Waals surface area contributed by atoms with Gasteiger partial charge in [0, 0.05) is 18.2 Å². The van der Waals surface area contributed by atoms with Crippen LogP contribution in [0.2, 0.25) is 0 Å². The molecule has 0 amide bonds. The summed E-state index contributed by atoms with van der Waals surface area (Å²) in [5.41, 5.74) is 0.454. The standard InChI is InChI=1S/C12H20N2O/c1-5-7-14-9-10(8-13-14)11(15)12(3,4)6-2/h8-9H,5-7H2,1-4H3. The highest BCUT2D eigenvalue weighted by atomic mass is 16.1. The first kappa shape index (κ1) is 12.0. The zero-order chi connectivity index (χ0) is 11.5. The van der Waals surface area contributed by atoms with Crippen molar-refractivity contribution in [3.63, 3.8) is 0 Å². The molecule has 0 unspecified atom stereocenters. The third kappa shape index (κ3) is 2.67. The van der Waals surface area contributed by atoms with E-state index >= 15 is 0 Å². The molecule has 0 aliphatic rings. The maximum Gasteiger partial charge on any atom is 0.171 e. The van der Waals surface area contributed by atoms with E-state index in [0.717, 1.165) is 24.9 Å². The monoisotopic (exact) mass is 208 g/mol. The van der Waals surface area contributed by atoms with Crippen LogP contribution in [0.3, 0.4) is 0 Å². The topological polar surface area (TPSA) is 34.9 Å². The molecule has 3 heteroatoms. The fourth-order valence-corrected chi connectivity index (χ4v) is 1.38. The van der Waals surface area contributed by atoms with Gasteiger partial charge in [-0.05, 0) is 12.8 Å². The molecule has 1 aromatic rings. The first-order chi connectivity index (χ1) is 7.01. The Hall–Kier alpha value is -1.12. The number of rotatable bonds is 5. The third-order valence-corrected chi connectivity index (χ3v) is 2.85. The molecule has 84 valence electrons.